The van der Waals surface area contributed by atoms with Crippen LogP contribution in [0.2, 0.25) is 0 Å². The van der Waals surface area contributed by atoms with Crippen LogP contribution in [0.25, 0.3) is 94.4 Å². The van der Waals surface area contributed by atoms with E-state index >= 15 is 0 Å². The fraction of sp³-hybridized carbons (Fsp3) is 0.320. The number of fused-ring (bicyclic) bond motifs is 2. The van der Waals surface area contributed by atoms with Crippen molar-refractivity contribution in [2.45, 2.75) is 158 Å². The molecule has 0 aliphatic rings. The molecule has 2 heterocycles. The minimum absolute atomic E-state index is 0. The van der Waals surface area contributed by atoms with Crippen molar-refractivity contribution in [1.29, 1.82) is 0 Å². The number of imidazole rings is 2. The van der Waals surface area contributed by atoms with Crippen molar-refractivity contribution < 1.29 is 26.2 Å². The third kappa shape index (κ3) is 10.9. The molecule has 422 valence electrons. The van der Waals surface area contributed by atoms with E-state index in [1.807, 2.05) is 12.1 Å². The molecule has 2 aromatic heterocycles. The smallest absolute Gasteiger partial charge is 0.213 e. The summed E-state index contributed by atoms with van der Waals surface area (Å²) in [5.74, 6) is 2.24. The summed E-state index contributed by atoms with van der Waals surface area (Å²) < 4.78 is 4.70. The first-order chi connectivity index (χ1) is 38.3. The van der Waals surface area contributed by atoms with Crippen molar-refractivity contribution in [3.8, 4) is 73.3 Å². The molecular weight excluding hydrogens is 1180 g/mol. The second-order valence-electron chi connectivity index (χ2n) is 26.7. The van der Waals surface area contributed by atoms with Crippen LogP contribution >= 0.6 is 0 Å². The Kier molecular flexibility index (Phi) is 16.2. The minimum atomic E-state index is -0.369. The van der Waals surface area contributed by atoms with Crippen LogP contribution in [-0.2, 0) is 37.3 Å². The van der Waals surface area contributed by atoms with Gasteiger partial charge in [-0.25, -0.2) is 9.83 Å². The standard InChI is InChI=1S/C75H80N5O.Pt/c1-44(2)57-38-50(48-27-21-19-22-28-48)39-58(45(3)4)68(57)79-65-34-26-32-63(76-18)67(65)78-71(79)53-35-52(36-54(37-53)73(9,10)11)56-31-25-33-64-66(56)77-72(61-42-55(74(12,13)14)43-62(70(61)81)75(15,16)17)80(64)69-59(46(5)6)40-51(41-60(69)47(7)8)49-29-23-20-24-30-49;/h19-34,36-47,81H,1-17H3;/q-1;. The number of rotatable bonds is 11. The number of aromatic nitrogens is 4. The topological polar surface area (TPSA) is 60.2 Å². The van der Waals surface area contributed by atoms with Crippen LogP contribution in [0.3, 0.4) is 0 Å². The molecule has 0 fully saturated rings. The van der Waals surface area contributed by atoms with E-state index in [2.05, 4.69) is 271 Å². The van der Waals surface area contributed by atoms with E-state index in [4.69, 9.17) is 16.5 Å². The molecular formula is C75H80N5OPt-. The van der Waals surface area contributed by atoms with Crippen molar-refractivity contribution in [2.75, 3.05) is 0 Å². The summed E-state index contributed by atoms with van der Waals surface area (Å²) in [4.78, 5) is 15.5. The molecule has 10 aromatic rings. The molecule has 0 saturated carbocycles. The average molecular weight is 1260 g/mol. The molecule has 0 radical (unpaired) electrons. The number of phenolic OH excluding ortho intramolecular Hbond substituents is 1. The molecule has 1 N–H and O–H groups in total. The van der Waals surface area contributed by atoms with Gasteiger partial charge in [0.25, 0.3) is 0 Å². The molecule has 0 atom stereocenters. The molecule has 0 bridgehead atoms. The van der Waals surface area contributed by atoms with Gasteiger partial charge in [0.1, 0.15) is 11.6 Å². The Morgan fingerprint density at radius 3 is 1.33 bits per heavy atom. The number of aromatic hydroxyl groups is 1. The second-order valence-corrected chi connectivity index (χ2v) is 26.7. The van der Waals surface area contributed by atoms with Gasteiger partial charge in [-0.3, -0.25) is 9.55 Å². The van der Waals surface area contributed by atoms with Gasteiger partial charge in [-0.15, -0.1) is 29.3 Å². The van der Waals surface area contributed by atoms with Crippen molar-refractivity contribution in [3.63, 3.8) is 0 Å². The van der Waals surface area contributed by atoms with Gasteiger partial charge in [0.05, 0.1) is 45.7 Å². The van der Waals surface area contributed by atoms with E-state index in [9.17, 15) is 5.11 Å². The van der Waals surface area contributed by atoms with E-state index in [0.29, 0.717) is 22.6 Å². The van der Waals surface area contributed by atoms with E-state index in [1.165, 1.54) is 44.5 Å². The van der Waals surface area contributed by atoms with Crippen LogP contribution in [0, 0.1) is 12.6 Å². The van der Waals surface area contributed by atoms with Crippen molar-refractivity contribution in [3.05, 3.63) is 202 Å². The Hall–Kier alpha value is -7.32. The van der Waals surface area contributed by atoms with Gasteiger partial charge >= 0.3 is 0 Å². The van der Waals surface area contributed by atoms with Gasteiger partial charge in [-0.1, -0.05) is 220 Å². The largest absolute Gasteiger partial charge is 0.507 e. The normalized spacial score (nSPS) is 12.3. The maximum Gasteiger partial charge on any atom is 0.213 e. The fourth-order valence-corrected chi connectivity index (χ4v) is 11.6. The fourth-order valence-electron chi connectivity index (χ4n) is 11.6. The summed E-state index contributed by atoms with van der Waals surface area (Å²) in [7, 11) is 0. The molecule has 0 spiro atoms. The summed E-state index contributed by atoms with van der Waals surface area (Å²) >= 11 is 0. The summed E-state index contributed by atoms with van der Waals surface area (Å²) in [5.41, 5.74) is 21.0. The van der Waals surface area contributed by atoms with E-state index in [-0.39, 0.29) is 66.7 Å². The molecule has 0 saturated heterocycles. The average Bonchev–Trinajstić information content (AvgIpc) is 3.44. The monoisotopic (exact) mass is 1260 g/mol. The molecule has 0 amide bonds. The maximum atomic E-state index is 12.9. The van der Waals surface area contributed by atoms with Crippen molar-refractivity contribution >= 4 is 27.8 Å². The van der Waals surface area contributed by atoms with Gasteiger partial charge in [-0.2, -0.15) is 0 Å². The predicted octanol–water partition coefficient (Wildman–Crippen LogP) is 21.1. The Morgan fingerprint density at radius 1 is 0.451 bits per heavy atom. The molecule has 0 aliphatic heterocycles. The minimum Gasteiger partial charge on any atom is -0.507 e. The Balaban J connectivity index is 0.00000810. The van der Waals surface area contributed by atoms with Crippen molar-refractivity contribution in [2.24, 2.45) is 0 Å². The van der Waals surface area contributed by atoms with Crippen LogP contribution in [-0.4, -0.2) is 24.2 Å². The predicted molar refractivity (Wildman–Crippen MR) is 342 cm³/mol. The first-order valence-corrected chi connectivity index (χ1v) is 29.1. The summed E-state index contributed by atoms with van der Waals surface area (Å²) in [6.45, 7) is 46.7. The zero-order valence-electron chi connectivity index (χ0n) is 51.2. The molecule has 82 heavy (non-hydrogen) atoms. The number of hydrogen-bond donors (Lipinski definition) is 1. The quantitative estimate of drug-likeness (QED) is 0.131. The van der Waals surface area contributed by atoms with Gasteiger partial charge in [-0.05, 0) is 132 Å². The molecule has 7 heteroatoms. The molecule has 6 nitrogen and oxygen atoms in total. The third-order valence-electron chi connectivity index (χ3n) is 16.2. The van der Waals surface area contributed by atoms with E-state index < -0.39 is 0 Å². The molecule has 10 rings (SSSR count). The molecule has 0 unspecified atom stereocenters. The zero-order chi connectivity index (χ0) is 58.2. The number of phenols is 1. The van der Waals surface area contributed by atoms with Crippen LogP contribution in [0.15, 0.2) is 146 Å². The number of benzene rings is 8. The van der Waals surface area contributed by atoms with Gasteiger partial charge in [0, 0.05) is 32.3 Å². The van der Waals surface area contributed by atoms with Crippen LogP contribution < -0.4 is 0 Å². The van der Waals surface area contributed by atoms with Crippen molar-refractivity contribution in [1.82, 2.24) is 19.1 Å². The summed E-state index contributed by atoms with van der Waals surface area (Å²) in [6, 6.07) is 56.2. The van der Waals surface area contributed by atoms with Gasteiger partial charge in [0.15, 0.2) is 0 Å². The van der Waals surface area contributed by atoms with Gasteiger partial charge in [0.2, 0.25) is 5.69 Å². The van der Waals surface area contributed by atoms with Gasteiger partial charge < -0.3 is 9.67 Å². The van der Waals surface area contributed by atoms with Crippen LogP contribution in [0.5, 0.6) is 5.75 Å². The maximum absolute atomic E-state index is 12.9. The Labute approximate surface area is 502 Å². The third-order valence-corrected chi connectivity index (χ3v) is 16.2. The first-order valence-electron chi connectivity index (χ1n) is 29.1. The zero-order valence-corrected chi connectivity index (χ0v) is 53.4. The second kappa shape index (κ2) is 22.4. The first kappa shape index (κ1) is 59.3. The Morgan fingerprint density at radius 2 is 0.878 bits per heavy atom. The molecule has 0 aliphatic carbocycles. The number of para-hydroxylation sites is 2. The van der Waals surface area contributed by atoms with E-state index in [1.54, 1.807) is 0 Å². The van der Waals surface area contributed by atoms with Crippen LogP contribution in [0.4, 0.5) is 5.69 Å². The SMILES string of the molecule is [C-]#[N+]c1cccc2c1nc(-c1[c-]c(-c3cccc4c3nc(-c3cc(C(C)(C)C)cc(C(C)(C)C)c3O)n4-c3c(C(C)C)cc(-c4ccccc4)cc3C(C)C)cc(C(C)(C)C)c1)n2-c1c(C(C)C)cc(-c2ccccc2)cc1C(C)C.[Pt]. The van der Waals surface area contributed by atoms with E-state index in [0.717, 1.165) is 67.1 Å². The number of nitrogens with zero attached hydrogens (tertiary/aromatic N) is 5. The summed E-state index contributed by atoms with van der Waals surface area (Å²) in [5, 5.41) is 12.9. The molecule has 8 aromatic carbocycles. The Bertz CT molecular complexity index is 4010. The summed E-state index contributed by atoms with van der Waals surface area (Å²) in [6.07, 6.45) is 0. The van der Waals surface area contributed by atoms with Crippen LogP contribution in [0.1, 0.15) is 180 Å². The number of hydrogen-bond acceptors (Lipinski definition) is 3.